The number of morpholine rings is 1. The van der Waals surface area contributed by atoms with E-state index < -0.39 is 0 Å². The summed E-state index contributed by atoms with van der Waals surface area (Å²) in [6.07, 6.45) is 4.61. The summed E-state index contributed by atoms with van der Waals surface area (Å²) < 4.78 is 7.75. The molecule has 7 nitrogen and oxygen atoms in total. The van der Waals surface area contributed by atoms with Crippen LogP contribution in [0.25, 0.3) is 0 Å². The van der Waals surface area contributed by atoms with Crippen molar-refractivity contribution in [3.05, 3.63) is 18.0 Å². The molecule has 1 aromatic heterocycles. The lowest BCUT2D eigenvalue weighted by Crippen LogP contribution is -2.58. The Morgan fingerprint density at radius 1 is 1.37 bits per heavy atom. The number of aromatic nitrogens is 2. The van der Waals surface area contributed by atoms with Gasteiger partial charge in [0, 0.05) is 37.9 Å². The molecule has 3 unspecified atom stereocenters. The highest BCUT2D eigenvalue weighted by atomic mass is 35.5. The van der Waals surface area contributed by atoms with E-state index in [1.807, 2.05) is 16.9 Å². The predicted molar refractivity (Wildman–Crippen MR) is 109 cm³/mol. The highest BCUT2D eigenvalue weighted by Gasteiger charge is 2.33. The van der Waals surface area contributed by atoms with Gasteiger partial charge >= 0.3 is 0 Å². The van der Waals surface area contributed by atoms with Crippen molar-refractivity contribution >= 4 is 18.3 Å². The topological polar surface area (TPSA) is 71.4 Å². The molecule has 154 valence electrons. The molecular formula is C19H34ClN5O2. The number of carbonyl (C=O) groups excluding carboxylic acids is 1. The maximum absolute atomic E-state index is 12.6. The number of halogens is 1. The zero-order chi connectivity index (χ0) is 18.7. The molecule has 0 bridgehead atoms. The summed E-state index contributed by atoms with van der Waals surface area (Å²) >= 11 is 0. The minimum absolute atomic E-state index is 0. The summed E-state index contributed by atoms with van der Waals surface area (Å²) in [4.78, 5) is 15.0. The van der Waals surface area contributed by atoms with Crippen molar-refractivity contribution in [1.82, 2.24) is 25.3 Å². The van der Waals surface area contributed by atoms with Crippen molar-refractivity contribution in [2.75, 3.05) is 32.7 Å². The molecule has 2 saturated heterocycles. The first-order valence-electron chi connectivity index (χ1n) is 9.80. The fourth-order valence-corrected chi connectivity index (χ4v) is 3.89. The Morgan fingerprint density at radius 3 is 2.70 bits per heavy atom. The van der Waals surface area contributed by atoms with Crippen molar-refractivity contribution in [1.29, 1.82) is 0 Å². The quantitative estimate of drug-likeness (QED) is 0.790. The number of piperidine rings is 1. The van der Waals surface area contributed by atoms with Crippen LogP contribution in [-0.2, 0) is 4.74 Å². The Hall–Kier alpha value is -1.15. The Bertz CT molecular complexity index is 605. The summed E-state index contributed by atoms with van der Waals surface area (Å²) in [5, 5.41) is 11.0. The molecule has 0 aromatic carbocycles. The van der Waals surface area contributed by atoms with Gasteiger partial charge in [-0.05, 0) is 53.1 Å². The van der Waals surface area contributed by atoms with E-state index in [0.29, 0.717) is 18.3 Å². The SMILES string of the molecule is CC1CN(C(C)(C)CNC(=O)c2ccn(C3CCCNC3)n2)CC(C)O1.Cl. The van der Waals surface area contributed by atoms with Crippen molar-refractivity contribution in [3.63, 3.8) is 0 Å². The number of hydrogen-bond acceptors (Lipinski definition) is 5. The zero-order valence-electron chi connectivity index (χ0n) is 16.9. The maximum Gasteiger partial charge on any atom is 0.271 e. The van der Waals surface area contributed by atoms with Crippen LogP contribution in [0, 0.1) is 0 Å². The highest BCUT2D eigenvalue weighted by molar-refractivity contribution is 5.92. The van der Waals surface area contributed by atoms with E-state index >= 15 is 0 Å². The van der Waals surface area contributed by atoms with Gasteiger partial charge in [-0.15, -0.1) is 12.4 Å². The second-order valence-electron chi connectivity index (χ2n) is 8.34. The number of nitrogens with one attached hydrogen (secondary N) is 2. The number of rotatable bonds is 5. The van der Waals surface area contributed by atoms with E-state index in [9.17, 15) is 4.79 Å². The molecule has 3 atom stereocenters. The molecule has 2 aliphatic rings. The largest absolute Gasteiger partial charge is 0.373 e. The minimum Gasteiger partial charge on any atom is -0.373 e. The highest BCUT2D eigenvalue weighted by Crippen LogP contribution is 2.21. The third kappa shape index (κ3) is 5.67. The van der Waals surface area contributed by atoms with E-state index in [0.717, 1.165) is 39.0 Å². The smallest absolute Gasteiger partial charge is 0.271 e. The molecule has 1 aromatic rings. The minimum atomic E-state index is -0.127. The molecule has 0 saturated carbocycles. The van der Waals surface area contributed by atoms with Crippen LogP contribution in [-0.4, -0.2) is 71.1 Å². The average Bonchev–Trinajstić information content (AvgIpc) is 3.10. The van der Waals surface area contributed by atoms with Crippen LogP contribution < -0.4 is 10.6 Å². The Kier molecular flexibility index (Phi) is 7.68. The van der Waals surface area contributed by atoms with Crippen LogP contribution >= 0.6 is 12.4 Å². The average molecular weight is 400 g/mol. The summed E-state index contributed by atoms with van der Waals surface area (Å²) in [5.74, 6) is -0.102. The van der Waals surface area contributed by atoms with Gasteiger partial charge in [-0.3, -0.25) is 14.4 Å². The first kappa shape index (κ1) is 22.1. The van der Waals surface area contributed by atoms with Crippen LogP contribution in [0.2, 0.25) is 0 Å². The van der Waals surface area contributed by atoms with Gasteiger partial charge in [0.15, 0.2) is 0 Å². The summed E-state index contributed by atoms with van der Waals surface area (Å²) in [5.41, 5.74) is 0.368. The number of ether oxygens (including phenoxy) is 1. The second kappa shape index (κ2) is 9.37. The normalized spacial score (nSPS) is 27.0. The van der Waals surface area contributed by atoms with E-state index in [2.05, 4.69) is 48.3 Å². The molecule has 2 fully saturated rings. The van der Waals surface area contributed by atoms with E-state index in [1.54, 1.807) is 0 Å². The third-order valence-electron chi connectivity index (χ3n) is 5.44. The maximum atomic E-state index is 12.6. The van der Waals surface area contributed by atoms with Crippen LogP contribution in [0.4, 0.5) is 0 Å². The number of amides is 1. The molecule has 27 heavy (non-hydrogen) atoms. The lowest BCUT2D eigenvalue weighted by atomic mass is 10.00. The molecule has 2 aliphatic heterocycles. The van der Waals surface area contributed by atoms with Gasteiger partial charge in [0.25, 0.3) is 5.91 Å². The standard InChI is InChI=1S/C19H33N5O2.ClH/c1-14-11-23(12-15(2)26-14)19(3,4)13-21-18(25)17-7-9-24(22-17)16-6-5-8-20-10-16;/h7,9,14-16,20H,5-6,8,10-13H2,1-4H3,(H,21,25);1H. The third-order valence-corrected chi connectivity index (χ3v) is 5.44. The predicted octanol–water partition coefficient (Wildman–Crippen LogP) is 1.85. The van der Waals surface area contributed by atoms with Gasteiger partial charge < -0.3 is 15.4 Å². The lowest BCUT2D eigenvalue weighted by molar-refractivity contribution is -0.0948. The van der Waals surface area contributed by atoms with Crippen LogP contribution in [0.3, 0.4) is 0 Å². The van der Waals surface area contributed by atoms with Crippen molar-refractivity contribution in [2.24, 2.45) is 0 Å². The summed E-state index contributed by atoms with van der Waals surface area (Å²) in [6.45, 7) is 12.9. The van der Waals surface area contributed by atoms with Crippen LogP contribution in [0.5, 0.6) is 0 Å². The monoisotopic (exact) mass is 399 g/mol. The second-order valence-corrected chi connectivity index (χ2v) is 8.34. The molecule has 3 rings (SSSR count). The molecule has 2 N–H and O–H groups in total. The molecule has 0 radical (unpaired) electrons. The molecule has 0 spiro atoms. The van der Waals surface area contributed by atoms with Crippen molar-refractivity contribution < 1.29 is 9.53 Å². The Balaban J connectivity index is 0.00000261. The Labute approximate surface area is 168 Å². The summed E-state index contributed by atoms with van der Waals surface area (Å²) in [7, 11) is 0. The van der Waals surface area contributed by atoms with Gasteiger partial charge in [-0.2, -0.15) is 5.10 Å². The van der Waals surface area contributed by atoms with Gasteiger partial charge in [-0.1, -0.05) is 0 Å². The molecular weight excluding hydrogens is 366 g/mol. The fourth-order valence-electron chi connectivity index (χ4n) is 3.89. The first-order chi connectivity index (χ1) is 12.3. The van der Waals surface area contributed by atoms with E-state index in [-0.39, 0.29) is 36.1 Å². The molecule has 8 heteroatoms. The molecule has 0 aliphatic carbocycles. The van der Waals surface area contributed by atoms with Gasteiger partial charge in [0.1, 0.15) is 5.69 Å². The van der Waals surface area contributed by atoms with E-state index in [4.69, 9.17) is 4.74 Å². The van der Waals surface area contributed by atoms with Gasteiger partial charge in [0.2, 0.25) is 0 Å². The van der Waals surface area contributed by atoms with Crippen LogP contribution in [0.1, 0.15) is 57.1 Å². The van der Waals surface area contributed by atoms with Crippen molar-refractivity contribution in [2.45, 2.75) is 64.3 Å². The Morgan fingerprint density at radius 2 is 2.07 bits per heavy atom. The molecule has 3 heterocycles. The van der Waals surface area contributed by atoms with Crippen LogP contribution in [0.15, 0.2) is 12.3 Å². The van der Waals surface area contributed by atoms with Crippen molar-refractivity contribution in [3.8, 4) is 0 Å². The fraction of sp³-hybridized carbons (Fsp3) is 0.789. The summed E-state index contributed by atoms with van der Waals surface area (Å²) in [6, 6.07) is 2.16. The van der Waals surface area contributed by atoms with Gasteiger partial charge in [-0.25, -0.2) is 0 Å². The van der Waals surface area contributed by atoms with E-state index in [1.165, 1.54) is 0 Å². The zero-order valence-corrected chi connectivity index (χ0v) is 17.7. The van der Waals surface area contributed by atoms with Gasteiger partial charge in [0.05, 0.1) is 18.2 Å². The lowest BCUT2D eigenvalue weighted by Gasteiger charge is -2.45. The molecule has 1 amide bonds. The number of hydrogen-bond donors (Lipinski definition) is 2. The first-order valence-corrected chi connectivity index (χ1v) is 9.80. The number of nitrogens with zero attached hydrogens (tertiary/aromatic N) is 3. The number of carbonyl (C=O) groups is 1.